The molecular weight excluding hydrogens is 1570 g/mol. The van der Waals surface area contributed by atoms with Crippen LogP contribution < -0.4 is 27.0 Å². The Kier molecular flexibility index (Phi) is 39.8. The van der Waals surface area contributed by atoms with Crippen LogP contribution in [0.4, 0.5) is 5.82 Å². The molecule has 0 radical (unpaired) electrons. The molecule has 0 saturated heterocycles. The molecule has 0 saturated carbocycles. The molecule has 0 fully saturated rings. The molecule has 0 aliphatic heterocycles. The number of nitrogens with one attached hydrogen (secondary N) is 4. The van der Waals surface area contributed by atoms with E-state index in [2.05, 4.69) is 102 Å². The molecule has 27 heteroatoms. The Morgan fingerprint density at radius 3 is 1.22 bits per heavy atom. The Hall–Kier alpha value is -10.1. The first kappa shape index (κ1) is 96.7. The number of fused-ring (bicyclic) bond motifs is 6. The van der Waals surface area contributed by atoms with E-state index in [4.69, 9.17) is 41.8 Å². The number of nitrogens with two attached hydrogens (primary N) is 1. The van der Waals surface area contributed by atoms with E-state index in [1.807, 2.05) is 114 Å². The Bertz CT molecular complexity index is 4850. The van der Waals surface area contributed by atoms with Crippen LogP contribution >= 0.6 is 11.6 Å². The molecule has 3 aliphatic rings. The number of unbranched alkanes of at least 4 members (excludes halogenated alkanes) is 3. The number of carbonyl (C=O) groups excluding carboxylic acids is 5. The summed E-state index contributed by atoms with van der Waals surface area (Å²) in [6.07, 6.45) is 30.1. The van der Waals surface area contributed by atoms with Crippen molar-refractivity contribution in [1.82, 2.24) is 75.5 Å². The van der Waals surface area contributed by atoms with Gasteiger partial charge in [0, 0.05) is 120 Å². The number of ether oxygens (including phenoxy) is 2. The summed E-state index contributed by atoms with van der Waals surface area (Å²) in [6, 6.07) is 35.0. The van der Waals surface area contributed by atoms with Crippen LogP contribution in [0.15, 0.2) is 128 Å². The normalized spacial score (nSPS) is 13.8. The number of anilines is 1. The van der Waals surface area contributed by atoms with Gasteiger partial charge in [0.15, 0.2) is 0 Å². The fraction of sp³-hybridized carbons (Fsp3) is 0.531. The van der Waals surface area contributed by atoms with Gasteiger partial charge in [-0.15, -0.1) is 0 Å². The number of hydrogen-bond acceptors (Lipinski definition) is 22. The zero-order chi connectivity index (χ0) is 87.9. The van der Waals surface area contributed by atoms with E-state index in [0.717, 1.165) is 161 Å². The largest absolute Gasteiger partial charge is 0.481 e. The summed E-state index contributed by atoms with van der Waals surface area (Å²) in [4.78, 5) is 119. The molecular formula is C96H132ClN17O9. The second-order valence-corrected chi connectivity index (χ2v) is 34.8. The van der Waals surface area contributed by atoms with Crippen molar-refractivity contribution in [3.05, 3.63) is 189 Å². The topological polar surface area (TPSA) is 341 Å². The molecule has 6 heterocycles. The van der Waals surface area contributed by atoms with Crippen LogP contribution in [0.3, 0.4) is 0 Å². The zero-order valence-corrected chi connectivity index (χ0v) is 74.8. The molecule has 12 rings (SSSR count). The number of benzene rings is 3. The predicted molar refractivity (Wildman–Crippen MR) is 486 cm³/mol. The van der Waals surface area contributed by atoms with Gasteiger partial charge in [0.05, 0.1) is 57.1 Å². The summed E-state index contributed by atoms with van der Waals surface area (Å²) < 4.78 is 11.1. The van der Waals surface area contributed by atoms with E-state index < -0.39 is 35.2 Å². The Labute approximate surface area is 732 Å². The van der Waals surface area contributed by atoms with Gasteiger partial charge < -0.3 is 56.3 Å². The maximum Gasteiger partial charge on any atom is 0.329 e. The van der Waals surface area contributed by atoms with Crippen molar-refractivity contribution in [1.29, 1.82) is 0 Å². The molecule has 0 bridgehead atoms. The van der Waals surface area contributed by atoms with E-state index in [1.54, 1.807) is 18.6 Å². The lowest BCUT2D eigenvalue weighted by Gasteiger charge is -2.28. The number of carboxylic acids is 1. The SMILES string of the molecule is CC(=O)NCCN(CCCCc1ccc2c(n1)CCCC2)CC[C@H](Cc1cnc2ccccc2n1)C(=O)O.CC(=O)NCCN(CCCCc1ccc2c(n1)CCCC2)CC[C@H](N)C(=O)OC(C)(C)C.CC(=O)NCCN(CCCCc1ccc2c(n1)CCCC2)CC[C@H](Nc1cnc2ccccc2n1)C(=O)OC(C)(C)C.Clc1cnc2ccccc2n1. The number of nitrogens with zero attached hydrogens (tertiary/aromatic N) is 12. The predicted octanol–water partition coefficient (Wildman–Crippen LogP) is 13.9. The number of aliphatic carboxylic acids is 1. The minimum atomic E-state index is -0.819. The third kappa shape index (κ3) is 35.9. The number of hydrogen-bond donors (Lipinski definition) is 6. The summed E-state index contributed by atoms with van der Waals surface area (Å²) in [6.45, 7) is 24.1. The number of carbonyl (C=O) groups is 6. The van der Waals surface area contributed by atoms with Gasteiger partial charge in [-0.1, -0.05) is 66.2 Å². The average molecular weight is 1700 g/mol. The number of rotatable bonds is 40. The molecule has 6 aromatic heterocycles. The number of aryl methyl sites for hydroxylation is 9. The highest BCUT2D eigenvalue weighted by Gasteiger charge is 2.28. The van der Waals surface area contributed by atoms with Gasteiger partial charge in [-0.3, -0.25) is 53.9 Å². The third-order valence-electron chi connectivity index (χ3n) is 21.8. The number of aromatic nitrogens is 9. The molecule has 9 aromatic rings. The van der Waals surface area contributed by atoms with Crippen LogP contribution in [-0.4, -0.2) is 202 Å². The summed E-state index contributed by atoms with van der Waals surface area (Å²) in [5.74, 6) is -1.65. The molecule has 0 unspecified atom stereocenters. The van der Waals surface area contributed by atoms with Gasteiger partial charge in [0.25, 0.3) is 0 Å². The lowest BCUT2D eigenvalue weighted by atomic mass is 9.95. The van der Waals surface area contributed by atoms with E-state index in [-0.39, 0.29) is 29.7 Å². The monoisotopic (exact) mass is 1700 g/mol. The summed E-state index contributed by atoms with van der Waals surface area (Å²) in [5.41, 5.74) is 22.1. The zero-order valence-electron chi connectivity index (χ0n) is 74.1. The van der Waals surface area contributed by atoms with E-state index in [0.29, 0.717) is 94.7 Å². The minimum Gasteiger partial charge on any atom is -0.481 e. The molecule has 26 nitrogen and oxygen atoms in total. The molecule has 3 aromatic carbocycles. The lowest BCUT2D eigenvalue weighted by Crippen LogP contribution is -2.41. The third-order valence-corrected chi connectivity index (χ3v) is 21.9. The Morgan fingerprint density at radius 2 is 0.797 bits per heavy atom. The van der Waals surface area contributed by atoms with Crippen molar-refractivity contribution in [2.75, 3.05) is 83.9 Å². The molecule has 123 heavy (non-hydrogen) atoms. The van der Waals surface area contributed by atoms with Crippen molar-refractivity contribution in [2.24, 2.45) is 11.7 Å². The van der Waals surface area contributed by atoms with Crippen LogP contribution in [0.2, 0.25) is 5.15 Å². The summed E-state index contributed by atoms with van der Waals surface area (Å²) in [5, 5.41) is 22.2. The molecule has 7 N–H and O–H groups in total. The number of pyridine rings is 3. The first-order valence-corrected chi connectivity index (χ1v) is 44.9. The van der Waals surface area contributed by atoms with Gasteiger partial charge in [0.1, 0.15) is 34.3 Å². The standard InChI is InChI=1S/C33H46N6O3.C30H39N5O3.C25H42N4O3.C8H5ClN2/c1-24(40)34-19-22-39(20-10-9-12-26-17-16-25-11-5-6-13-27(25)36-26)21-18-30(32(41)42-33(2,3)4)38-31-23-35-28-14-7-8-15-29(28)37-31;1-22(36)31-16-19-35(17-7-6-9-25-14-13-23-8-2-3-10-27(23)33-25)18-15-24(30(37)38)20-26-21-32-28-11-4-5-12-29(28)34-26;1-19(30)27-15-18-29(17-14-22(26)24(31)32-25(2,3)4)16-8-7-10-21-13-12-20-9-5-6-11-23(20)28-21;9-8-5-10-6-3-1-2-4-7(6)11-8/h7-8,14-17,23,30H,5-6,9-13,18-22H2,1-4H3,(H,34,40)(H,37,38);4-5,11-14,21,24H,2-3,6-10,15-20H2,1H3,(H,31,36)(H,37,38);12-13,22H,5-11,14-18,26H2,1-4H3,(H,27,30);1-5H/t30-;24-;22-;/m010./s1. The van der Waals surface area contributed by atoms with Gasteiger partial charge >= 0.3 is 17.9 Å². The second-order valence-electron chi connectivity index (χ2n) is 34.4. The van der Waals surface area contributed by atoms with Crippen LogP contribution in [0.25, 0.3) is 33.1 Å². The van der Waals surface area contributed by atoms with Crippen LogP contribution in [0.1, 0.15) is 215 Å². The molecule has 3 amide bonds. The van der Waals surface area contributed by atoms with Crippen molar-refractivity contribution >= 4 is 86.1 Å². The smallest absolute Gasteiger partial charge is 0.329 e. The maximum absolute atomic E-state index is 13.2. The van der Waals surface area contributed by atoms with E-state index >= 15 is 0 Å². The fourth-order valence-corrected chi connectivity index (χ4v) is 15.4. The van der Waals surface area contributed by atoms with Crippen molar-refractivity contribution in [3.63, 3.8) is 0 Å². The first-order chi connectivity index (χ1) is 59.1. The average Bonchev–Trinajstić information content (AvgIpc) is 0.862. The van der Waals surface area contributed by atoms with Gasteiger partial charge in [-0.25, -0.2) is 19.7 Å². The van der Waals surface area contributed by atoms with Gasteiger partial charge in [-0.05, 0) is 293 Å². The fourth-order valence-electron chi connectivity index (χ4n) is 15.3. The first-order valence-electron chi connectivity index (χ1n) is 44.5. The second kappa shape index (κ2) is 50.6. The molecule has 0 spiro atoms. The highest BCUT2D eigenvalue weighted by Crippen LogP contribution is 2.26. The summed E-state index contributed by atoms with van der Waals surface area (Å²) >= 11 is 5.65. The highest BCUT2D eigenvalue weighted by atomic mass is 35.5. The Balaban J connectivity index is 0.000000198. The van der Waals surface area contributed by atoms with Crippen molar-refractivity contribution in [2.45, 2.75) is 246 Å². The minimum absolute atomic E-state index is 0.0334. The number of halogens is 1. The van der Waals surface area contributed by atoms with Gasteiger partial charge in [-0.2, -0.15) is 0 Å². The summed E-state index contributed by atoms with van der Waals surface area (Å²) in [7, 11) is 0. The van der Waals surface area contributed by atoms with Gasteiger partial charge in [0.2, 0.25) is 17.7 Å². The number of para-hydroxylation sites is 6. The van der Waals surface area contributed by atoms with Crippen LogP contribution in [0, 0.1) is 5.92 Å². The molecule has 3 aliphatic carbocycles. The quantitative estimate of drug-likeness (QED) is 0.0153. The van der Waals surface area contributed by atoms with Crippen LogP contribution in [-0.2, 0) is 102 Å². The Morgan fingerprint density at radius 1 is 0.423 bits per heavy atom. The van der Waals surface area contributed by atoms with Crippen molar-refractivity contribution in [3.8, 4) is 0 Å². The number of amides is 3. The number of carboxylic acid groups (broad SMARTS) is 1. The lowest BCUT2D eigenvalue weighted by molar-refractivity contribution is -0.157. The molecule has 662 valence electrons. The van der Waals surface area contributed by atoms with Crippen molar-refractivity contribution < 1.29 is 43.3 Å². The number of esters is 2. The van der Waals surface area contributed by atoms with E-state index in [1.165, 1.54) is 104 Å². The van der Waals surface area contributed by atoms with E-state index in [9.17, 15) is 33.9 Å². The van der Waals surface area contributed by atoms with Crippen LogP contribution in [0.5, 0.6) is 0 Å². The molecule has 3 atom stereocenters. The highest BCUT2D eigenvalue weighted by molar-refractivity contribution is 6.29. The maximum atomic E-state index is 13.2.